The fourth-order valence-corrected chi connectivity index (χ4v) is 5.43. The van der Waals surface area contributed by atoms with Gasteiger partial charge in [-0.3, -0.25) is 9.69 Å². The smallest absolute Gasteiger partial charge is 0.256 e. The summed E-state index contributed by atoms with van der Waals surface area (Å²) >= 11 is 7.41. The van der Waals surface area contributed by atoms with Crippen molar-refractivity contribution in [1.29, 1.82) is 0 Å². The highest BCUT2D eigenvalue weighted by Crippen LogP contribution is 2.29. The summed E-state index contributed by atoms with van der Waals surface area (Å²) in [5, 5.41) is 9.53. The Labute approximate surface area is 213 Å². The zero-order valence-electron chi connectivity index (χ0n) is 19.3. The van der Waals surface area contributed by atoms with Gasteiger partial charge in [-0.25, -0.2) is 14.4 Å². The van der Waals surface area contributed by atoms with Gasteiger partial charge in [0.05, 0.1) is 16.3 Å². The topological polar surface area (TPSA) is 73.4 Å². The number of amides is 1. The highest BCUT2D eigenvalue weighted by Gasteiger charge is 2.25. The number of carbonyl (C=O) groups is 1. The number of hydrogen-bond donors (Lipinski definition) is 2. The number of piperidine rings is 1. The molecule has 1 aromatic carbocycles. The number of pyridine rings is 1. The zero-order chi connectivity index (χ0) is 24.2. The number of halogens is 2. The highest BCUT2D eigenvalue weighted by molar-refractivity contribution is 7.13. The van der Waals surface area contributed by atoms with Crippen LogP contribution in [0.2, 0.25) is 5.02 Å². The molecule has 10 heteroatoms. The minimum absolute atomic E-state index is 0.0280. The average Bonchev–Trinajstić information content (AvgIpc) is 3.39. The van der Waals surface area contributed by atoms with Gasteiger partial charge in [0.15, 0.2) is 10.9 Å². The lowest BCUT2D eigenvalue weighted by Gasteiger charge is -2.35. The van der Waals surface area contributed by atoms with Crippen LogP contribution in [0.15, 0.2) is 41.9 Å². The van der Waals surface area contributed by atoms with E-state index < -0.39 is 5.82 Å². The van der Waals surface area contributed by atoms with E-state index in [-0.39, 0.29) is 16.5 Å². The van der Waals surface area contributed by atoms with E-state index in [0.717, 1.165) is 42.6 Å². The number of carbonyl (C=O) groups excluding carboxylic acids is 1. The molecule has 2 aliphatic rings. The van der Waals surface area contributed by atoms with Gasteiger partial charge in [0.25, 0.3) is 5.91 Å². The monoisotopic (exact) mass is 514 g/mol. The first-order chi connectivity index (χ1) is 17.1. The van der Waals surface area contributed by atoms with Crippen LogP contribution in [-0.4, -0.2) is 64.9 Å². The van der Waals surface area contributed by atoms with E-state index in [1.54, 1.807) is 28.5 Å². The molecule has 2 aromatic heterocycles. The van der Waals surface area contributed by atoms with Crippen molar-refractivity contribution in [2.45, 2.75) is 25.3 Å². The molecule has 0 saturated carbocycles. The summed E-state index contributed by atoms with van der Waals surface area (Å²) in [6, 6.07) is 8.92. The summed E-state index contributed by atoms with van der Waals surface area (Å²) in [5.41, 5.74) is 2.33. The first kappa shape index (κ1) is 24.1. The number of nitrogens with one attached hydrogen (secondary N) is 2. The normalized spacial score (nSPS) is 17.5. The quantitative estimate of drug-likeness (QED) is 0.504. The highest BCUT2D eigenvalue weighted by atomic mass is 35.5. The summed E-state index contributed by atoms with van der Waals surface area (Å²) in [4.78, 5) is 26.0. The van der Waals surface area contributed by atoms with Crippen LogP contribution in [0.4, 0.5) is 15.3 Å². The van der Waals surface area contributed by atoms with E-state index in [9.17, 15) is 9.18 Å². The number of nitrogens with zero attached hydrogens (tertiary/aromatic N) is 4. The molecule has 5 rings (SSSR count). The minimum atomic E-state index is -0.652. The predicted octanol–water partition coefficient (Wildman–Crippen LogP) is 4.50. The van der Waals surface area contributed by atoms with E-state index in [1.165, 1.54) is 17.7 Å². The number of rotatable bonds is 6. The molecular formula is C25H28ClFN6OS. The van der Waals surface area contributed by atoms with Gasteiger partial charge in [0, 0.05) is 44.3 Å². The van der Waals surface area contributed by atoms with Crippen molar-refractivity contribution in [3.8, 4) is 0 Å². The van der Waals surface area contributed by atoms with E-state index >= 15 is 0 Å². The summed E-state index contributed by atoms with van der Waals surface area (Å²) in [5.74, 6) is 0.361. The maximum Gasteiger partial charge on any atom is 0.256 e. The Morgan fingerprint density at radius 3 is 2.74 bits per heavy atom. The molecule has 0 radical (unpaired) electrons. The van der Waals surface area contributed by atoms with Crippen molar-refractivity contribution in [1.82, 2.24) is 25.1 Å². The maximum atomic E-state index is 14.3. The number of piperazine rings is 1. The molecule has 0 spiro atoms. The van der Waals surface area contributed by atoms with E-state index in [4.69, 9.17) is 16.6 Å². The van der Waals surface area contributed by atoms with Crippen LogP contribution in [0.3, 0.4) is 0 Å². The van der Waals surface area contributed by atoms with Crippen molar-refractivity contribution < 1.29 is 9.18 Å². The Morgan fingerprint density at radius 1 is 1.20 bits per heavy atom. The van der Waals surface area contributed by atoms with Gasteiger partial charge in [-0.2, -0.15) is 0 Å². The van der Waals surface area contributed by atoms with Gasteiger partial charge in [0.1, 0.15) is 5.82 Å². The summed E-state index contributed by atoms with van der Waals surface area (Å²) in [6.45, 7) is 5.21. The number of thiazole rings is 1. The van der Waals surface area contributed by atoms with Crippen LogP contribution in [0, 0.1) is 5.82 Å². The molecule has 35 heavy (non-hydrogen) atoms. The lowest BCUT2D eigenvalue weighted by molar-refractivity contribution is 0.0622. The van der Waals surface area contributed by atoms with Crippen LogP contribution < -0.4 is 10.6 Å². The molecule has 2 saturated heterocycles. The SMILES string of the molecule is O=C(c1cccc(Cl)c1F)N1CCN(Cc2cc(C3CCNCC3)cc(Nc3nccs3)n2)CC1. The Kier molecular flexibility index (Phi) is 7.57. The van der Waals surface area contributed by atoms with E-state index in [2.05, 4.69) is 32.7 Å². The third-order valence-corrected chi connectivity index (χ3v) is 7.59. The number of hydrogen-bond acceptors (Lipinski definition) is 7. The minimum Gasteiger partial charge on any atom is -0.336 e. The van der Waals surface area contributed by atoms with Crippen molar-refractivity contribution in [3.63, 3.8) is 0 Å². The largest absolute Gasteiger partial charge is 0.336 e. The summed E-state index contributed by atoms with van der Waals surface area (Å²) in [7, 11) is 0. The molecule has 0 atom stereocenters. The second-order valence-electron chi connectivity index (χ2n) is 8.93. The molecule has 184 valence electrons. The van der Waals surface area contributed by atoms with Gasteiger partial charge >= 0.3 is 0 Å². The zero-order valence-corrected chi connectivity index (χ0v) is 20.9. The summed E-state index contributed by atoms with van der Waals surface area (Å²) in [6.07, 6.45) is 4.00. The molecule has 2 N–H and O–H groups in total. The molecule has 3 aromatic rings. The first-order valence-corrected chi connectivity index (χ1v) is 13.2. The van der Waals surface area contributed by atoms with Crippen molar-refractivity contribution in [3.05, 3.63) is 69.6 Å². The van der Waals surface area contributed by atoms with Crippen LogP contribution in [0.25, 0.3) is 0 Å². The summed E-state index contributed by atoms with van der Waals surface area (Å²) < 4.78 is 14.3. The fourth-order valence-electron chi connectivity index (χ4n) is 4.72. The number of benzene rings is 1. The average molecular weight is 515 g/mol. The van der Waals surface area contributed by atoms with Gasteiger partial charge in [0.2, 0.25) is 0 Å². The van der Waals surface area contributed by atoms with Crippen molar-refractivity contribution in [2.24, 2.45) is 0 Å². The second-order valence-corrected chi connectivity index (χ2v) is 10.2. The standard InChI is InChI=1S/C25H28ClFN6OS/c26-21-3-1-2-20(23(21)27)24(34)33-11-9-32(10-12-33)16-19-14-18(17-4-6-28-7-5-17)15-22(30-19)31-25-29-8-13-35-25/h1-3,8,13-15,17,28H,4-7,9-12,16H2,(H,29,30,31). The van der Waals surface area contributed by atoms with Crippen LogP contribution in [0.5, 0.6) is 0 Å². The molecular weight excluding hydrogens is 487 g/mol. The third-order valence-electron chi connectivity index (χ3n) is 6.61. The van der Waals surface area contributed by atoms with E-state index in [1.807, 2.05) is 5.38 Å². The first-order valence-electron chi connectivity index (χ1n) is 11.9. The molecule has 2 aliphatic heterocycles. The van der Waals surface area contributed by atoms with Crippen LogP contribution >= 0.6 is 22.9 Å². The van der Waals surface area contributed by atoms with Crippen molar-refractivity contribution >= 4 is 39.8 Å². The predicted molar refractivity (Wildman–Crippen MR) is 137 cm³/mol. The molecule has 0 bridgehead atoms. The lowest BCUT2D eigenvalue weighted by Crippen LogP contribution is -2.48. The molecule has 0 aliphatic carbocycles. The fraction of sp³-hybridized carbons (Fsp3) is 0.400. The van der Waals surface area contributed by atoms with E-state index in [0.29, 0.717) is 38.6 Å². The van der Waals surface area contributed by atoms with Gasteiger partial charge in [-0.15, -0.1) is 11.3 Å². The third kappa shape index (κ3) is 5.81. The lowest BCUT2D eigenvalue weighted by atomic mass is 9.90. The Hall–Kier alpha value is -2.59. The maximum absolute atomic E-state index is 14.3. The molecule has 4 heterocycles. The second kappa shape index (κ2) is 11.0. The van der Waals surface area contributed by atoms with Gasteiger partial charge < -0.3 is 15.5 Å². The number of anilines is 2. The van der Waals surface area contributed by atoms with Crippen LogP contribution in [0.1, 0.15) is 40.4 Å². The Balaban J connectivity index is 1.27. The van der Waals surface area contributed by atoms with Gasteiger partial charge in [-0.1, -0.05) is 17.7 Å². The molecule has 2 fully saturated rings. The van der Waals surface area contributed by atoms with Gasteiger partial charge in [-0.05, 0) is 61.7 Å². The van der Waals surface area contributed by atoms with Crippen LogP contribution in [-0.2, 0) is 6.54 Å². The molecule has 7 nitrogen and oxygen atoms in total. The Morgan fingerprint density at radius 2 is 2.00 bits per heavy atom. The number of aromatic nitrogens is 2. The molecule has 0 unspecified atom stereocenters. The Bertz CT molecular complexity index is 1160. The molecule has 1 amide bonds. The van der Waals surface area contributed by atoms with Crippen molar-refractivity contribution in [2.75, 3.05) is 44.6 Å².